The molecule has 4 heterocycles. The number of anilines is 1. The van der Waals surface area contributed by atoms with E-state index in [2.05, 4.69) is 15.3 Å². The van der Waals surface area contributed by atoms with Gasteiger partial charge in [0.1, 0.15) is 0 Å². The van der Waals surface area contributed by atoms with Crippen LogP contribution in [0.4, 0.5) is 5.95 Å². The van der Waals surface area contributed by atoms with Gasteiger partial charge in [-0.05, 0) is 25.7 Å². The lowest BCUT2D eigenvalue weighted by molar-refractivity contribution is 0.0690. The lowest BCUT2D eigenvalue weighted by atomic mass is 10.0. The van der Waals surface area contributed by atoms with Gasteiger partial charge in [0.2, 0.25) is 11.7 Å². The van der Waals surface area contributed by atoms with Crippen molar-refractivity contribution in [3.8, 4) is 11.3 Å². The Kier molecular flexibility index (Phi) is 5.27. The third-order valence-electron chi connectivity index (χ3n) is 5.26. The second kappa shape index (κ2) is 7.89. The molecule has 3 aromatic rings. The van der Waals surface area contributed by atoms with Crippen molar-refractivity contribution in [3.05, 3.63) is 41.2 Å². The topological polar surface area (TPSA) is 101 Å². The largest absolute Gasteiger partial charge is 0.356 e. The quantitative estimate of drug-likeness (QED) is 0.629. The molecule has 1 aliphatic rings. The van der Waals surface area contributed by atoms with Crippen molar-refractivity contribution in [3.63, 3.8) is 0 Å². The van der Waals surface area contributed by atoms with Crippen LogP contribution in [0.3, 0.4) is 0 Å². The number of aromatic nitrogens is 4. The average molecular weight is 410 g/mol. The number of aryl methyl sites for hydroxylation is 1. The van der Waals surface area contributed by atoms with E-state index in [1.165, 1.54) is 0 Å². The Balaban J connectivity index is 1.73. The first-order valence-electron chi connectivity index (χ1n) is 10.1. The normalized spacial score (nSPS) is 16.5. The van der Waals surface area contributed by atoms with E-state index in [1.54, 1.807) is 17.2 Å². The van der Waals surface area contributed by atoms with Gasteiger partial charge in [-0.3, -0.25) is 4.79 Å². The summed E-state index contributed by atoms with van der Waals surface area (Å²) in [4.78, 5) is 26.1. The van der Waals surface area contributed by atoms with Gasteiger partial charge in [0.15, 0.2) is 5.76 Å². The molecule has 3 aromatic heterocycles. The highest BCUT2D eigenvalue weighted by Gasteiger charge is 2.36. The molecule has 0 saturated carbocycles. The van der Waals surface area contributed by atoms with Crippen LogP contribution < -0.4 is 4.90 Å². The van der Waals surface area contributed by atoms with Crippen LogP contribution in [0.1, 0.15) is 66.3 Å². The van der Waals surface area contributed by atoms with Gasteiger partial charge in [-0.1, -0.05) is 24.2 Å². The summed E-state index contributed by atoms with van der Waals surface area (Å²) in [6.07, 6.45) is 3.41. The Bertz CT molecular complexity index is 1050. The monoisotopic (exact) mass is 410 g/mol. The van der Waals surface area contributed by atoms with Crippen LogP contribution in [0, 0.1) is 6.92 Å². The molecule has 0 unspecified atom stereocenters. The predicted octanol–water partition coefficient (Wildman–Crippen LogP) is 3.59. The van der Waals surface area contributed by atoms with Crippen LogP contribution in [0.25, 0.3) is 11.3 Å². The van der Waals surface area contributed by atoms with E-state index in [9.17, 15) is 4.79 Å². The highest BCUT2D eigenvalue weighted by atomic mass is 16.5. The fourth-order valence-corrected chi connectivity index (χ4v) is 3.63. The highest BCUT2D eigenvalue weighted by molar-refractivity contribution is 5.92. The third-order valence-corrected chi connectivity index (χ3v) is 5.26. The number of rotatable bonds is 5. The first kappa shape index (κ1) is 20.1. The molecule has 0 bridgehead atoms. The van der Waals surface area contributed by atoms with Crippen LogP contribution in [0.15, 0.2) is 27.4 Å². The van der Waals surface area contributed by atoms with Crippen LogP contribution in [-0.2, 0) is 0 Å². The number of hydrogen-bond acceptors (Lipinski definition) is 8. The van der Waals surface area contributed by atoms with Crippen molar-refractivity contribution in [2.45, 2.75) is 45.6 Å². The van der Waals surface area contributed by atoms with Gasteiger partial charge in [-0.2, -0.15) is 0 Å². The van der Waals surface area contributed by atoms with Gasteiger partial charge in [-0.15, -0.1) is 0 Å². The lowest BCUT2D eigenvalue weighted by Crippen LogP contribution is -2.31. The number of nitrogens with zero attached hydrogens (tertiary/aromatic N) is 6. The van der Waals surface area contributed by atoms with E-state index in [0.717, 1.165) is 35.5 Å². The second-order valence-electron chi connectivity index (χ2n) is 8.12. The molecule has 30 heavy (non-hydrogen) atoms. The van der Waals surface area contributed by atoms with Gasteiger partial charge in [-0.25, -0.2) is 9.97 Å². The first-order valence-corrected chi connectivity index (χ1v) is 10.1. The molecule has 0 aliphatic carbocycles. The molecule has 0 N–H and O–H groups in total. The summed E-state index contributed by atoms with van der Waals surface area (Å²) >= 11 is 0. The smallest absolute Gasteiger partial charge is 0.293 e. The van der Waals surface area contributed by atoms with Crippen molar-refractivity contribution in [1.29, 1.82) is 0 Å². The zero-order chi connectivity index (χ0) is 21.4. The summed E-state index contributed by atoms with van der Waals surface area (Å²) in [5, 5.41) is 8.03. The van der Waals surface area contributed by atoms with Gasteiger partial charge < -0.3 is 18.8 Å². The fourth-order valence-electron chi connectivity index (χ4n) is 3.63. The van der Waals surface area contributed by atoms with E-state index in [1.807, 2.05) is 45.8 Å². The molecule has 4 rings (SSSR count). The maximum absolute atomic E-state index is 13.2. The van der Waals surface area contributed by atoms with E-state index in [0.29, 0.717) is 18.3 Å². The van der Waals surface area contributed by atoms with Crippen LogP contribution in [0.5, 0.6) is 0 Å². The Labute approximate surface area is 175 Å². The molecule has 9 nitrogen and oxygen atoms in total. The van der Waals surface area contributed by atoms with Crippen molar-refractivity contribution >= 4 is 11.9 Å². The van der Waals surface area contributed by atoms with Crippen molar-refractivity contribution < 1.29 is 13.8 Å². The molecule has 0 aromatic carbocycles. The number of carbonyl (C=O) groups is 1. The molecule has 1 fully saturated rings. The molecule has 1 saturated heterocycles. The van der Waals surface area contributed by atoms with Crippen molar-refractivity contribution in [1.82, 2.24) is 25.2 Å². The molecular formula is C21H26N6O3. The summed E-state index contributed by atoms with van der Waals surface area (Å²) in [5.41, 5.74) is 3.03. The minimum atomic E-state index is -0.216. The SMILES string of the molecule is Cc1cc(-c2cnc(N(C)C)nc2[C@H]2CCCN2C(=O)c2cc(C(C)C)no2)on1. The third kappa shape index (κ3) is 3.67. The predicted molar refractivity (Wildman–Crippen MR) is 110 cm³/mol. The number of carbonyl (C=O) groups excluding carboxylic acids is 1. The zero-order valence-electron chi connectivity index (χ0n) is 17.9. The van der Waals surface area contributed by atoms with Crippen molar-refractivity contribution in [2.24, 2.45) is 0 Å². The molecule has 0 radical (unpaired) electrons. The maximum Gasteiger partial charge on any atom is 0.293 e. The number of amides is 1. The van der Waals surface area contributed by atoms with Gasteiger partial charge >= 0.3 is 0 Å². The number of hydrogen-bond donors (Lipinski definition) is 0. The second-order valence-corrected chi connectivity index (χ2v) is 8.12. The molecule has 9 heteroatoms. The van der Waals surface area contributed by atoms with Crippen LogP contribution in [-0.4, -0.2) is 51.7 Å². The average Bonchev–Trinajstić information content (AvgIpc) is 3.47. The molecule has 1 aliphatic heterocycles. The minimum Gasteiger partial charge on any atom is -0.356 e. The summed E-state index contributed by atoms with van der Waals surface area (Å²) in [5.74, 6) is 1.43. The lowest BCUT2D eigenvalue weighted by Gasteiger charge is -2.25. The highest BCUT2D eigenvalue weighted by Crippen LogP contribution is 2.38. The molecular weight excluding hydrogens is 384 g/mol. The standard InChI is InChI=1S/C21H26N6O3/c1-12(2)15-10-18(30-25-15)20(28)27-8-6-7-16(27)19-14(17-9-13(3)24-29-17)11-22-21(23-19)26(4)5/h9-12,16H,6-8H2,1-5H3/t16-/m1/s1. The summed E-state index contributed by atoms with van der Waals surface area (Å²) in [7, 11) is 3.77. The fraction of sp³-hybridized carbons (Fsp3) is 0.476. The Morgan fingerprint density at radius 2 is 2.03 bits per heavy atom. The van der Waals surface area contributed by atoms with E-state index in [-0.39, 0.29) is 23.6 Å². The van der Waals surface area contributed by atoms with Crippen molar-refractivity contribution in [2.75, 3.05) is 25.5 Å². The van der Waals surface area contributed by atoms with Gasteiger partial charge in [0.05, 0.1) is 28.7 Å². The molecule has 1 amide bonds. The molecule has 0 spiro atoms. The summed E-state index contributed by atoms with van der Waals surface area (Å²) < 4.78 is 10.8. The summed E-state index contributed by atoms with van der Waals surface area (Å²) in [6, 6.07) is 3.37. The minimum absolute atomic E-state index is 0.179. The maximum atomic E-state index is 13.2. The van der Waals surface area contributed by atoms with E-state index in [4.69, 9.17) is 14.0 Å². The van der Waals surface area contributed by atoms with Gasteiger partial charge in [0, 0.05) is 39.0 Å². The Morgan fingerprint density at radius 3 is 2.67 bits per heavy atom. The Hall–Kier alpha value is -3.23. The van der Waals surface area contributed by atoms with Gasteiger partial charge in [0.25, 0.3) is 5.91 Å². The van der Waals surface area contributed by atoms with E-state index < -0.39 is 0 Å². The molecule has 158 valence electrons. The Morgan fingerprint density at radius 1 is 1.23 bits per heavy atom. The zero-order valence-corrected chi connectivity index (χ0v) is 17.9. The summed E-state index contributed by atoms with van der Waals surface area (Å²) in [6.45, 7) is 6.51. The first-order chi connectivity index (χ1) is 14.3. The number of likely N-dealkylation sites (tertiary alicyclic amines) is 1. The molecule has 1 atom stereocenters. The van der Waals surface area contributed by atoms with E-state index >= 15 is 0 Å². The van der Waals surface area contributed by atoms with Crippen LogP contribution in [0.2, 0.25) is 0 Å². The van der Waals surface area contributed by atoms with Crippen LogP contribution >= 0.6 is 0 Å².